The van der Waals surface area contributed by atoms with E-state index in [0.717, 1.165) is 11.4 Å². The molecule has 0 unspecified atom stereocenters. The van der Waals surface area contributed by atoms with Crippen LogP contribution >= 0.6 is 24.0 Å². The van der Waals surface area contributed by atoms with E-state index in [4.69, 9.17) is 4.74 Å². The monoisotopic (exact) mass is 551 g/mol. The average Bonchev–Trinajstić information content (AvgIpc) is 3.10. The fourth-order valence-electron chi connectivity index (χ4n) is 2.56. The molecular formula is C18H30IN7O3S. The van der Waals surface area contributed by atoms with Crippen molar-refractivity contribution in [3.05, 3.63) is 42.0 Å². The van der Waals surface area contributed by atoms with Crippen LogP contribution in [0.1, 0.15) is 18.3 Å². The normalized spacial score (nSPS) is 11.8. The standard InChI is InChI=1S/C18H29N7O3S.HI/c1-5-19-18(24(2)13-17-21-14-22-25(17)3)20-12-15-7-6-8-16(11-15)29(26,27)23-9-10-28-4;/h6-8,11,14,23H,5,9-10,12-13H2,1-4H3,(H,19,20);1H. The van der Waals surface area contributed by atoms with Crippen molar-refractivity contribution in [2.75, 3.05) is 33.9 Å². The van der Waals surface area contributed by atoms with E-state index in [2.05, 4.69) is 25.1 Å². The maximum Gasteiger partial charge on any atom is 0.240 e. The Bertz CT molecular complexity index is 918. The molecule has 0 aliphatic heterocycles. The molecule has 2 rings (SSSR count). The SMILES string of the molecule is CCNC(=NCc1cccc(S(=O)(=O)NCCOC)c1)N(C)Cc1ncnn1C.I. The van der Waals surface area contributed by atoms with Gasteiger partial charge in [0.15, 0.2) is 5.96 Å². The number of halogens is 1. The van der Waals surface area contributed by atoms with Gasteiger partial charge in [0, 0.05) is 34.3 Å². The first kappa shape index (κ1) is 26.3. The lowest BCUT2D eigenvalue weighted by Crippen LogP contribution is -2.39. The van der Waals surface area contributed by atoms with E-state index < -0.39 is 10.0 Å². The first-order chi connectivity index (χ1) is 13.9. The van der Waals surface area contributed by atoms with Crippen LogP contribution in [0.25, 0.3) is 0 Å². The molecule has 168 valence electrons. The van der Waals surface area contributed by atoms with Gasteiger partial charge in [0.25, 0.3) is 0 Å². The van der Waals surface area contributed by atoms with E-state index in [1.165, 1.54) is 13.4 Å². The van der Waals surface area contributed by atoms with Crippen molar-refractivity contribution in [2.24, 2.45) is 12.0 Å². The molecular weight excluding hydrogens is 521 g/mol. The molecule has 1 aromatic heterocycles. The Hall–Kier alpha value is -1.77. The summed E-state index contributed by atoms with van der Waals surface area (Å²) in [7, 11) is 1.70. The molecule has 0 atom stereocenters. The minimum absolute atomic E-state index is 0. The molecule has 12 heteroatoms. The second kappa shape index (κ2) is 12.8. The predicted molar refractivity (Wildman–Crippen MR) is 126 cm³/mol. The van der Waals surface area contributed by atoms with Crippen molar-refractivity contribution in [1.29, 1.82) is 0 Å². The van der Waals surface area contributed by atoms with E-state index >= 15 is 0 Å². The van der Waals surface area contributed by atoms with Crippen LogP contribution in [-0.4, -0.2) is 67.9 Å². The zero-order chi connectivity index (χ0) is 21.3. The highest BCUT2D eigenvalue weighted by Crippen LogP contribution is 2.12. The molecule has 2 N–H and O–H groups in total. The fourth-order valence-corrected chi connectivity index (χ4v) is 3.64. The van der Waals surface area contributed by atoms with Crippen molar-refractivity contribution in [3.63, 3.8) is 0 Å². The van der Waals surface area contributed by atoms with E-state index in [-0.39, 0.29) is 35.4 Å². The largest absolute Gasteiger partial charge is 0.383 e. The Morgan fingerprint density at radius 1 is 1.37 bits per heavy atom. The summed E-state index contributed by atoms with van der Waals surface area (Å²) in [6.45, 7) is 4.11. The first-order valence-corrected chi connectivity index (χ1v) is 10.8. The number of hydrogen-bond acceptors (Lipinski definition) is 6. The molecule has 0 radical (unpaired) electrons. The molecule has 0 fully saturated rings. The van der Waals surface area contributed by atoms with Crippen LogP contribution in [0.4, 0.5) is 0 Å². The number of nitrogens with one attached hydrogen (secondary N) is 2. The first-order valence-electron chi connectivity index (χ1n) is 9.27. The summed E-state index contributed by atoms with van der Waals surface area (Å²) < 4.78 is 33.9. The van der Waals surface area contributed by atoms with E-state index in [1.807, 2.05) is 32.0 Å². The van der Waals surface area contributed by atoms with Crippen molar-refractivity contribution >= 4 is 40.0 Å². The lowest BCUT2D eigenvalue weighted by atomic mass is 10.2. The molecule has 0 saturated heterocycles. The summed E-state index contributed by atoms with van der Waals surface area (Å²) in [5, 5.41) is 7.31. The van der Waals surface area contributed by atoms with Crippen LogP contribution < -0.4 is 10.0 Å². The van der Waals surface area contributed by atoms with Gasteiger partial charge in [-0.1, -0.05) is 12.1 Å². The highest BCUT2D eigenvalue weighted by Gasteiger charge is 2.14. The average molecular weight is 551 g/mol. The molecule has 10 nitrogen and oxygen atoms in total. The molecule has 0 aliphatic rings. The lowest BCUT2D eigenvalue weighted by Gasteiger charge is -2.21. The van der Waals surface area contributed by atoms with Gasteiger partial charge in [-0.15, -0.1) is 24.0 Å². The summed E-state index contributed by atoms with van der Waals surface area (Å²) in [6.07, 6.45) is 1.51. The topological polar surface area (TPSA) is 114 Å². The fraction of sp³-hybridized carbons (Fsp3) is 0.500. The maximum absolute atomic E-state index is 12.4. The second-order valence-electron chi connectivity index (χ2n) is 6.36. The Labute approximate surface area is 195 Å². The van der Waals surface area contributed by atoms with Gasteiger partial charge < -0.3 is 15.0 Å². The third-order valence-electron chi connectivity index (χ3n) is 4.10. The van der Waals surface area contributed by atoms with Gasteiger partial charge in [-0.2, -0.15) is 5.10 Å². The van der Waals surface area contributed by atoms with Crippen LogP contribution in [0.5, 0.6) is 0 Å². The molecule has 0 saturated carbocycles. The van der Waals surface area contributed by atoms with Crippen molar-refractivity contribution < 1.29 is 13.2 Å². The van der Waals surface area contributed by atoms with Crippen molar-refractivity contribution in [3.8, 4) is 0 Å². The van der Waals surface area contributed by atoms with Gasteiger partial charge in [-0.3, -0.25) is 4.68 Å². The van der Waals surface area contributed by atoms with Crippen LogP contribution in [-0.2, 0) is 34.9 Å². The third-order valence-corrected chi connectivity index (χ3v) is 5.56. The molecule has 1 heterocycles. The maximum atomic E-state index is 12.4. The summed E-state index contributed by atoms with van der Waals surface area (Å²) in [5.74, 6) is 1.51. The van der Waals surface area contributed by atoms with E-state index in [1.54, 1.807) is 22.9 Å². The summed E-state index contributed by atoms with van der Waals surface area (Å²) >= 11 is 0. The predicted octanol–water partition coefficient (Wildman–Crippen LogP) is 0.955. The van der Waals surface area contributed by atoms with Crippen molar-refractivity contribution in [2.45, 2.75) is 24.9 Å². The smallest absolute Gasteiger partial charge is 0.240 e. The van der Waals surface area contributed by atoms with Crippen LogP contribution in [0.2, 0.25) is 0 Å². The van der Waals surface area contributed by atoms with Gasteiger partial charge in [-0.25, -0.2) is 23.1 Å². The van der Waals surface area contributed by atoms with Crippen molar-refractivity contribution in [1.82, 2.24) is 29.7 Å². The van der Waals surface area contributed by atoms with Crippen LogP contribution in [0.3, 0.4) is 0 Å². The summed E-state index contributed by atoms with van der Waals surface area (Å²) in [6, 6.07) is 6.76. The molecule has 0 spiro atoms. The number of aliphatic imine (C=N–C) groups is 1. The number of benzene rings is 1. The van der Waals surface area contributed by atoms with Crippen LogP contribution in [0, 0.1) is 0 Å². The lowest BCUT2D eigenvalue weighted by molar-refractivity contribution is 0.204. The Kier molecular flexibility index (Phi) is 11.2. The zero-order valence-electron chi connectivity index (χ0n) is 17.7. The highest BCUT2D eigenvalue weighted by atomic mass is 127. The Balaban J connectivity index is 0.00000450. The molecule has 0 bridgehead atoms. The van der Waals surface area contributed by atoms with E-state index in [9.17, 15) is 8.42 Å². The van der Waals surface area contributed by atoms with Gasteiger partial charge in [0.1, 0.15) is 12.2 Å². The molecule has 2 aromatic rings. The number of rotatable bonds is 10. The minimum atomic E-state index is -3.58. The van der Waals surface area contributed by atoms with Gasteiger partial charge >= 0.3 is 0 Å². The molecule has 0 aliphatic carbocycles. The zero-order valence-corrected chi connectivity index (χ0v) is 20.8. The Morgan fingerprint density at radius 3 is 2.77 bits per heavy atom. The van der Waals surface area contributed by atoms with Gasteiger partial charge in [0.2, 0.25) is 10.0 Å². The molecule has 0 amide bonds. The molecule has 1 aromatic carbocycles. The number of ether oxygens (including phenoxy) is 1. The number of hydrogen-bond donors (Lipinski definition) is 2. The highest BCUT2D eigenvalue weighted by molar-refractivity contribution is 14.0. The second-order valence-corrected chi connectivity index (χ2v) is 8.13. The quantitative estimate of drug-likeness (QED) is 0.196. The minimum Gasteiger partial charge on any atom is -0.383 e. The number of sulfonamides is 1. The Morgan fingerprint density at radius 2 is 2.13 bits per heavy atom. The number of methoxy groups -OCH3 is 1. The molecule has 30 heavy (non-hydrogen) atoms. The van der Waals surface area contributed by atoms with Gasteiger partial charge in [-0.05, 0) is 24.6 Å². The van der Waals surface area contributed by atoms with E-state index in [0.29, 0.717) is 32.2 Å². The number of guanidine groups is 1. The number of nitrogens with zero attached hydrogens (tertiary/aromatic N) is 5. The summed E-state index contributed by atoms with van der Waals surface area (Å²) in [4.78, 5) is 11.0. The third kappa shape index (κ3) is 7.81. The van der Waals surface area contributed by atoms with Crippen LogP contribution in [0.15, 0.2) is 40.5 Å². The number of aryl methyl sites for hydroxylation is 1. The van der Waals surface area contributed by atoms with Gasteiger partial charge in [0.05, 0.1) is 24.6 Å². The summed E-state index contributed by atoms with van der Waals surface area (Å²) in [5.41, 5.74) is 0.794. The number of aromatic nitrogens is 3.